The van der Waals surface area contributed by atoms with Crippen LogP contribution >= 0.6 is 0 Å². The maximum atomic E-state index is 12.1. The van der Waals surface area contributed by atoms with Crippen molar-refractivity contribution in [1.82, 2.24) is 9.78 Å². The first-order valence-electron chi connectivity index (χ1n) is 11.3. The number of aliphatic carboxylic acids is 1. The SMILES string of the molecule is Cc1cc(CC(OC(=O)Oc2ccc([N+](=O)[O-])cc2)C(=O)O)cc2nn(COCC[Si](C)(C)C)cc12. The molecule has 0 radical (unpaired) electrons. The molecule has 36 heavy (non-hydrogen) atoms. The Labute approximate surface area is 208 Å². The maximum Gasteiger partial charge on any atom is 0.514 e. The maximum absolute atomic E-state index is 12.1. The largest absolute Gasteiger partial charge is 0.514 e. The molecule has 12 heteroatoms. The van der Waals surface area contributed by atoms with Gasteiger partial charge < -0.3 is 19.3 Å². The molecular formula is C24H29N3O8Si. The molecule has 2 aromatic carbocycles. The van der Waals surface area contributed by atoms with Gasteiger partial charge >= 0.3 is 12.1 Å². The molecule has 3 rings (SSSR count). The van der Waals surface area contributed by atoms with Crippen LogP contribution in [-0.4, -0.2) is 52.7 Å². The minimum atomic E-state index is -1.50. The molecule has 0 spiro atoms. The Bertz CT molecular complexity index is 1250. The van der Waals surface area contributed by atoms with Crippen LogP contribution < -0.4 is 4.74 Å². The van der Waals surface area contributed by atoms with Crippen molar-refractivity contribution in [2.24, 2.45) is 0 Å². The number of benzene rings is 2. The number of aromatic nitrogens is 2. The van der Waals surface area contributed by atoms with Gasteiger partial charge in [0.25, 0.3) is 5.69 Å². The number of hydrogen-bond donors (Lipinski definition) is 1. The first-order valence-corrected chi connectivity index (χ1v) is 15.0. The third kappa shape index (κ3) is 7.62. The number of carboxylic acid groups (broad SMARTS) is 1. The molecule has 0 saturated heterocycles. The van der Waals surface area contributed by atoms with Crippen molar-refractivity contribution in [2.75, 3.05) is 6.61 Å². The zero-order valence-electron chi connectivity index (χ0n) is 20.6. The molecule has 0 aliphatic rings. The van der Waals surface area contributed by atoms with E-state index in [1.165, 1.54) is 12.1 Å². The van der Waals surface area contributed by atoms with Crippen molar-refractivity contribution in [2.45, 2.75) is 51.9 Å². The second-order valence-electron chi connectivity index (χ2n) is 9.61. The zero-order chi connectivity index (χ0) is 26.5. The van der Waals surface area contributed by atoms with E-state index in [9.17, 15) is 24.8 Å². The lowest BCUT2D eigenvalue weighted by Gasteiger charge is -2.15. The summed E-state index contributed by atoms with van der Waals surface area (Å²) >= 11 is 0. The minimum Gasteiger partial charge on any atom is -0.478 e. The van der Waals surface area contributed by atoms with Gasteiger partial charge in [0.05, 0.1) is 10.4 Å². The zero-order valence-corrected chi connectivity index (χ0v) is 21.6. The average molecular weight is 516 g/mol. The second-order valence-corrected chi connectivity index (χ2v) is 15.2. The van der Waals surface area contributed by atoms with Crippen LogP contribution in [0.15, 0.2) is 42.6 Å². The molecule has 0 aliphatic carbocycles. The Morgan fingerprint density at radius 1 is 1.19 bits per heavy atom. The molecule has 0 bridgehead atoms. The Morgan fingerprint density at radius 3 is 2.50 bits per heavy atom. The first kappa shape index (κ1) is 26.8. The molecule has 0 aliphatic heterocycles. The fraction of sp³-hybridized carbons (Fsp3) is 0.375. The highest BCUT2D eigenvalue weighted by Crippen LogP contribution is 2.22. The summed E-state index contributed by atoms with van der Waals surface area (Å²) in [4.78, 5) is 34.0. The number of non-ortho nitro benzene ring substituents is 1. The minimum absolute atomic E-state index is 0.00962. The van der Waals surface area contributed by atoms with Gasteiger partial charge in [-0.3, -0.25) is 10.1 Å². The average Bonchev–Trinajstić information content (AvgIpc) is 3.19. The molecule has 0 amide bonds. The molecule has 11 nitrogen and oxygen atoms in total. The van der Waals surface area contributed by atoms with E-state index in [-0.39, 0.29) is 17.9 Å². The third-order valence-corrected chi connectivity index (χ3v) is 7.05. The first-order chi connectivity index (χ1) is 16.9. The number of rotatable bonds is 11. The second kappa shape index (κ2) is 11.3. The smallest absolute Gasteiger partial charge is 0.478 e. The number of nitrogens with zero attached hydrogens (tertiary/aromatic N) is 3. The number of aryl methyl sites for hydroxylation is 1. The number of carbonyl (C=O) groups is 2. The lowest BCUT2D eigenvalue weighted by Crippen LogP contribution is -2.30. The molecule has 1 unspecified atom stereocenters. The summed E-state index contributed by atoms with van der Waals surface area (Å²) in [6.45, 7) is 9.74. The van der Waals surface area contributed by atoms with Gasteiger partial charge in [0.1, 0.15) is 12.5 Å². The molecular weight excluding hydrogens is 486 g/mol. The Balaban J connectivity index is 1.65. The monoisotopic (exact) mass is 515 g/mol. The molecule has 3 aromatic rings. The molecule has 1 aromatic heterocycles. The van der Waals surface area contributed by atoms with Crippen molar-refractivity contribution in [3.05, 3.63) is 63.8 Å². The molecule has 1 atom stereocenters. The van der Waals surface area contributed by atoms with E-state index in [2.05, 4.69) is 24.7 Å². The summed E-state index contributed by atoms with van der Waals surface area (Å²) in [7, 11) is -1.18. The molecule has 1 heterocycles. The summed E-state index contributed by atoms with van der Waals surface area (Å²) in [6.07, 6.45) is -0.940. The summed E-state index contributed by atoms with van der Waals surface area (Å²) in [5, 5.41) is 25.7. The van der Waals surface area contributed by atoms with Crippen molar-refractivity contribution in [1.29, 1.82) is 0 Å². The van der Waals surface area contributed by atoms with E-state index in [0.717, 1.165) is 29.1 Å². The fourth-order valence-corrected chi connectivity index (χ4v) is 4.16. The number of carboxylic acids is 1. The van der Waals surface area contributed by atoms with Crippen LogP contribution in [0.1, 0.15) is 11.1 Å². The van der Waals surface area contributed by atoms with E-state index in [1.807, 2.05) is 19.2 Å². The predicted octanol–water partition coefficient (Wildman–Crippen LogP) is 4.78. The summed E-state index contributed by atoms with van der Waals surface area (Å²) in [5.41, 5.74) is 2.02. The van der Waals surface area contributed by atoms with Gasteiger partial charge in [-0.1, -0.05) is 25.7 Å². The number of carbonyl (C=O) groups excluding carboxylic acids is 1. The molecule has 1 N–H and O–H groups in total. The van der Waals surface area contributed by atoms with Gasteiger partial charge in [-0.25, -0.2) is 14.3 Å². The van der Waals surface area contributed by atoms with Crippen molar-refractivity contribution in [3.8, 4) is 5.75 Å². The lowest BCUT2D eigenvalue weighted by molar-refractivity contribution is -0.384. The van der Waals surface area contributed by atoms with Crippen LogP contribution in [0, 0.1) is 17.0 Å². The summed E-state index contributed by atoms with van der Waals surface area (Å²) in [5.74, 6) is -1.35. The number of fused-ring (bicyclic) bond motifs is 1. The van der Waals surface area contributed by atoms with Crippen LogP contribution in [-0.2, 0) is 27.4 Å². The highest BCUT2D eigenvalue weighted by molar-refractivity contribution is 6.76. The normalized spacial score (nSPS) is 12.3. The van der Waals surface area contributed by atoms with Crippen LogP contribution in [0.5, 0.6) is 5.75 Å². The highest BCUT2D eigenvalue weighted by atomic mass is 28.3. The van der Waals surface area contributed by atoms with E-state index in [4.69, 9.17) is 14.2 Å². The van der Waals surface area contributed by atoms with Gasteiger partial charge in [-0.05, 0) is 42.3 Å². The van der Waals surface area contributed by atoms with Gasteiger partial charge in [-0.15, -0.1) is 0 Å². The molecule has 0 saturated carbocycles. The molecule has 192 valence electrons. The number of nitro groups is 1. The third-order valence-electron chi connectivity index (χ3n) is 5.34. The van der Waals surface area contributed by atoms with E-state index in [0.29, 0.717) is 24.4 Å². The van der Waals surface area contributed by atoms with Gasteiger partial charge in [0.15, 0.2) is 0 Å². The predicted molar refractivity (Wildman–Crippen MR) is 134 cm³/mol. The van der Waals surface area contributed by atoms with Gasteiger partial charge in [0, 0.05) is 44.8 Å². The quantitative estimate of drug-likeness (QED) is 0.0953. The summed E-state index contributed by atoms with van der Waals surface area (Å²) < 4.78 is 17.4. The Morgan fingerprint density at radius 2 is 1.89 bits per heavy atom. The number of nitro benzene ring substituents is 1. The van der Waals surface area contributed by atoms with Crippen LogP contribution in [0.2, 0.25) is 25.7 Å². The van der Waals surface area contributed by atoms with E-state index < -0.39 is 31.2 Å². The van der Waals surface area contributed by atoms with Crippen molar-refractivity contribution >= 4 is 36.8 Å². The summed E-state index contributed by atoms with van der Waals surface area (Å²) in [6, 6.07) is 9.38. The standard InChI is InChI=1S/C24H29N3O8Si/c1-16-11-17(12-21-20(16)14-26(25-21)15-33-9-10-36(2,3)4)13-22(23(28)29)35-24(30)34-19-7-5-18(6-8-19)27(31)32/h5-8,11-12,14,22H,9-10,13,15H2,1-4H3,(H,28,29). The van der Waals surface area contributed by atoms with Gasteiger partial charge in [0.2, 0.25) is 6.10 Å². The number of hydrogen-bond acceptors (Lipinski definition) is 8. The fourth-order valence-electron chi connectivity index (χ4n) is 3.41. The number of ether oxygens (including phenoxy) is 3. The van der Waals surface area contributed by atoms with Crippen LogP contribution in [0.25, 0.3) is 10.9 Å². The van der Waals surface area contributed by atoms with Gasteiger partial charge in [-0.2, -0.15) is 5.10 Å². The highest BCUT2D eigenvalue weighted by Gasteiger charge is 2.25. The van der Waals surface area contributed by atoms with E-state index >= 15 is 0 Å². The Hall–Kier alpha value is -3.77. The lowest BCUT2D eigenvalue weighted by atomic mass is 10.0. The molecule has 0 fully saturated rings. The van der Waals surface area contributed by atoms with Crippen molar-refractivity contribution in [3.63, 3.8) is 0 Å². The van der Waals surface area contributed by atoms with Crippen molar-refractivity contribution < 1.29 is 33.8 Å². The Kier molecular flexibility index (Phi) is 8.43. The van der Waals surface area contributed by atoms with E-state index in [1.54, 1.807) is 10.7 Å². The van der Waals surface area contributed by atoms with Crippen LogP contribution in [0.3, 0.4) is 0 Å². The topological polar surface area (TPSA) is 143 Å². The van der Waals surface area contributed by atoms with Crippen LogP contribution in [0.4, 0.5) is 10.5 Å².